The number of methoxy groups -OCH3 is 1. The zero-order valence-corrected chi connectivity index (χ0v) is 18.4. The first kappa shape index (κ1) is 21.9. The highest BCUT2D eigenvalue weighted by molar-refractivity contribution is 5.68. The molecule has 2 aliphatic carbocycles. The largest absolute Gasteiger partial charge is 0.497 e. The molecular weight excluding hydrogens is 391 g/mol. The number of aliphatic carboxylic acids is 1. The molecule has 2 fully saturated rings. The van der Waals surface area contributed by atoms with Crippen LogP contribution in [0.3, 0.4) is 0 Å². The Labute approximate surface area is 184 Å². The smallest absolute Gasteiger partial charge is 0.303 e. The molecule has 0 radical (unpaired) electrons. The van der Waals surface area contributed by atoms with Crippen molar-refractivity contribution in [1.29, 1.82) is 0 Å². The van der Waals surface area contributed by atoms with Crippen molar-refractivity contribution in [2.24, 2.45) is 11.8 Å². The summed E-state index contributed by atoms with van der Waals surface area (Å²) < 4.78 is 19.6. The van der Waals surface area contributed by atoms with Gasteiger partial charge in [0.2, 0.25) is 0 Å². The van der Waals surface area contributed by atoms with Crippen molar-refractivity contribution < 1.29 is 19.0 Å². The lowest BCUT2D eigenvalue weighted by Crippen LogP contribution is -2.15. The summed E-state index contributed by atoms with van der Waals surface area (Å²) >= 11 is 0. The highest BCUT2D eigenvalue weighted by Crippen LogP contribution is 2.45. The average Bonchev–Trinajstić information content (AvgIpc) is 3.62. The normalized spacial score (nSPS) is 22.1. The third-order valence-electron chi connectivity index (χ3n) is 7.30. The summed E-state index contributed by atoms with van der Waals surface area (Å²) in [5, 5.41) is 9.28. The number of carboxylic acids is 1. The van der Waals surface area contributed by atoms with Crippen LogP contribution in [-0.2, 0) is 11.2 Å². The van der Waals surface area contributed by atoms with Gasteiger partial charge in [-0.1, -0.05) is 24.3 Å². The Balaban J connectivity index is 1.31. The molecule has 0 amide bonds. The quantitative estimate of drug-likeness (QED) is 0.487. The van der Waals surface area contributed by atoms with Crippen molar-refractivity contribution in [3.05, 3.63) is 65.0 Å². The van der Waals surface area contributed by atoms with Gasteiger partial charge in [0.25, 0.3) is 0 Å². The predicted octanol–water partition coefficient (Wildman–Crippen LogP) is 6.71. The molecule has 0 aliphatic heterocycles. The molecule has 3 nitrogen and oxygen atoms in total. The van der Waals surface area contributed by atoms with Crippen LogP contribution in [0.25, 0.3) is 0 Å². The van der Waals surface area contributed by atoms with Crippen LogP contribution in [0.4, 0.5) is 4.39 Å². The molecule has 1 unspecified atom stereocenters. The van der Waals surface area contributed by atoms with Crippen LogP contribution in [0.2, 0.25) is 0 Å². The van der Waals surface area contributed by atoms with E-state index in [1.807, 2.05) is 6.07 Å². The van der Waals surface area contributed by atoms with Gasteiger partial charge in [-0.05, 0) is 110 Å². The highest BCUT2D eigenvalue weighted by Gasteiger charge is 2.33. The number of hydrogen-bond acceptors (Lipinski definition) is 2. The van der Waals surface area contributed by atoms with E-state index in [9.17, 15) is 14.3 Å². The maximum atomic E-state index is 14.3. The Bertz CT molecular complexity index is 897. The zero-order chi connectivity index (χ0) is 21.8. The van der Waals surface area contributed by atoms with E-state index in [2.05, 4.69) is 24.3 Å². The van der Waals surface area contributed by atoms with Gasteiger partial charge in [0.1, 0.15) is 11.6 Å². The minimum absolute atomic E-state index is 0.118. The first-order valence-electron chi connectivity index (χ1n) is 11.7. The van der Waals surface area contributed by atoms with Crippen LogP contribution < -0.4 is 4.74 Å². The summed E-state index contributed by atoms with van der Waals surface area (Å²) in [5.74, 6) is 1.56. The molecule has 0 spiro atoms. The molecule has 31 heavy (non-hydrogen) atoms. The third-order valence-corrected chi connectivity index (χ3v) is 7.30. The highest BCUT2D eigenvalue weighted by atomic mass is 19.1. The molecule has 0 heterocycles. The number of ether oxygens (including phenoxy) is 1. The summed E-state index contributed by atoms with van der Waals surface area (Å²) in [6.07, 6.45) is 9.02. The monoisotopic (exact) mass is 424 g/mol. The molecule has 166 valence electrons. The second-order valence-corrected chi connectivity index (χ2v) is 9.43. The van der Waals surface area contributed by atoms with E-state index in [1.165, 1.54) is 17.2 Å². The van der Waals surface area contributed by atoms with E-state index < -0.39 is 5.97 Å². The maximum absolute atomic E-state index is 14.3. The van der Waals surface area contributed by atoms with Crippen LogP contribution in [-0.4, -0.2) is 18.2 Å². The Kier molecular flexibility index (Phi) is 6.94. The Hall–Kier alpha value is -2.36. The fourth-order valence-electron chi connectivity index (χ4n) is 5.32. The summed E-state index contributed by atoms with van der Waals surface area (Å²) in [4.78, 5) is 11.3. The lowest BCUT2D eigenvalue weighted by atomic mass is 9.76. The zero-order valence-electron chi connectivity index (χ0n) is 18.4. The van der Waals surface area contributed by atoms with E-state index in [-0.39, 0.29) is 24.1 Å². The molecule has 4 rings (SSSR count). The van der Waals surface area contributed by atoms with Crippen molar-refractivity contribution in [3.63, 3.8) is 0 Å². The Morgan fingerprint density at radius 2 is 1.87 bits per heavy atom. The second kappa shape index (κ2) is 9.84. The van der Waals surface area contributed by atoms with Crippen LogP contribution in [0.15, 0.2) is 42.5 Å². The SMILES string of the molecule is COc1ccc(F)c([C@H]2CC[C@H](CCc3cccc(C(CC(=O)O)C4CC4)c3)CC2)c1. The molecule has 1 atom stereocenters. The molecular formula is C27H33FO3. The van der Waals surface area contributed by atoms with Crippen molar-refractivity contribution in [2.75, 3.05) is 7.11 Å². The minimum Gasteiger partial charge on any atom is -0.497 e. The van der Waals surface area contributed by atoms with Crippen molar-refractivity contribution in [1.82, 2.24) is 0 Å². The van der Waals surface area contributed by atoms with E-state index in [1.54, 1.807) is 13.2 Å². The van der Waals surface area contributed by atoms with Gasteiger partial charge in [0, 0.05) is 0 Å². The number of carboxylic acid groups (broad SMARTS) is 1. The average molecular weight is 425 g/mol. The van der Waals surface area contributed by atoms with Crippen LogP contribution in [0.5, 0.6) is 5.75 Å². The van der Waals surface area contributed by atoms with E-state index in [0.29, 0.717) is 11.8 Å². The van der Waals surface area contributed by atoms with Crippen molar-refractivity contribution >= 4 is 5.97 Å². The van der Waals surface area contributed by atoms with Gasteiger partial charge >= 0.3 is 5.97 Å². The first-order valence-corrected chi connectivity index (χ1v) is 11.7. The van der Waals surface area contributed by atoms with Gasteiger partial charge in [-0.2, -0.15) is 0 Å². The number of hydrogen-bond donors (Lipinski definition) is 1. The van der Waals surface area contributed by atoms with E-state index in [4.69, 9.17) is 4.74 Å². The van der Waals surface area contributed by atoms with E-state index in [0.717, 1.165) is 62.7 Å². The first-order chi connectivity index (χ1) is 15.0. The number of benzene rings is 2. The molecule has 4 heteroatoms. The van der Waals surface area contributed by atoms with Gasteiger partial charge in [0.05, 0.1) is 13.5 Å². The summed E-state index contributed by atoms with van der Waals surface area (Å²) in [6.45, 7) is 0. The fraction of sp³-hybridized carbons (Fsp3) is 0.519. The van der Waals surface area contributed by atoms with Gasteiger partial charge in [-0.15, -0.1) is 0 Å². The van der Waals surface area contributed by atoms with Crippen LogP contribution in [0, 0.1) is 17.7 Å². The Morgan fingerprint density at radius 1 is 1.10 bits per heavy atom. The molecule has 2 saturated carbocycles. The molecule has 2 aliphatic rings. The lowest BCUT2D eigenvalue weighted by molar-refractivity contribution is -0.137. The van der Waals surface area contributed by atoms with E-state index >= 15 is 0 Å². The molecule has 2 aromatic carbocycles. The summed E-state index contributed by atoms with van der Waals surface area (Å²) in [6, 6.07) is 13.7. The van der Waals surface area contributed by atoms with Gasteiger partial charge in [-0.25, -0.2) is 4.39 Å². The topological polar surface area (TPSA) is 46.5 Å². The molecule has 1 N–H and O–H groups in total. The standard InChI is InChI=1S/C27H33FO3/c1-31-23-13-14-26(28)25(16-23)21-9-7-18(8-10-21)5-6-19-3-2-4-22(15-19)24(17-27(29)30)20-11-12-20/h2-4,13-16,18,20-21,24H,5-12,17H2,1H3,(H,29,30)/t18-,21-,24?. The number of carbonyl (C=O) groups is 1. The van der Waals surface area contributed by atoms with Crippen LogP contribution >= 0.6 is 0 Å². The predicted molar refractivity (Wildman–Crippen MR) is 120 cm³/mol. The van der Waals surface area contributed by atoms with Gasteiger partial charge in [-0.3, -0.25) is 4.79 Å². The lowest BCUT2D eigenvalue weighted by Gasteiger charge is -2.29. The number of aryl methyl sites for hydroxylation is 1. The van der Waals surface area contributed by atoms with Crippen LogP contribution in [0.1, 0.15) is 79.9 Å². The number of halogens is 1. The fourth-order valence-corrected chi connectivity index (χ4v) is 5.32. The van der Waals surface area contributed by atoms with Gasteiger partial charge < -0.3 is 9.84 Å². The van der Waals surface area contributed by atoms with Crippen molar-refractivity contribution in [3.8, 4) is 5.75 Å². The molecule has 2 aromatic rings. The summed E-state index contributed by atoms with van der Waals surface area (Å²) in [5.41, 5.74) is 3.31. The minimum atomic E-state index is -0.702. The van der Waals surface area contributed by atoms with Gasteiger partial charge in [0.15, 0.2) is 0 Å². The third kappa shape index (κ3) is 5.66. The van der Waals surface area contributed by atoms with Crippen molar-refractivity contribution in [2.45, 2.75) is 69.6 Å². The molecule has 0 bridgehead atoms. The Morgan fingerprint density at radius 3 is 2.55 bits per heavy atom. The number of rotatable bonds is 9. The molecule has 0 aromatic heterocycles. The second-order valence-electron chi connectivity index (χ2n) is 9.43. The molecule has 0 saturated heterocycles. The maximum Gasteiger partial charge on any atom is 0.303 e. The summed E-state index contributed by atoms with van der Waals surface area (Å²) in [7, 11) is 1.62.